The van der Waals surface area contributed by atoms with Gasteiger partial charge in [-0.2, -0.15) is 10.2 Å². The molecule has 5 rings (SSSR count). The molecular formula is C31H24N4S. The maximum Gasteiger partial charge on any atom is 0.100 e. The first-order valence-corrected chi connectivity index (χ1v) is 12.5. The highest BCUT2D eigenvalue weighted by molar-refractivity contribution is 7.12. The predicted molar refractivity (Wildman–Crippen MR) is 153 cm³/mol. The molecule has 4 aromatic carbocycles. The molecule has 0 radical (unpaired) electrons. The highest BCUT2D eigenvalue weighted by Crippen LogP contribution is 2.21. The SMILES string of the molecule is C(=N/N=C(c1ccccc1)c1ccccc1)/c1sccc1NN=C(c1ccccc1)c1ccccc1. The number of nitrogens with one attached hydrogen (secondary N) is 1. The summed E-state index contributed by atoms with van der Waals surface area (Å²) in [5, 5.41) is 15.9. The van der Waals surface area contributed by atoms with E-state index in [-0.39, 0.29) is 0 Å². The van der Waals surface area contributed by atoms with E-state index in [2.05, 4.69) is 39.9 Å². The molecule has 0 atom stereocenters. The highest BCUT2D eigenvalue weighted by Gasteiger charge is 2.09. The van der Waals surface area contributed by atoms with Crippen LogP contribution in [0.4, 0.5) is 5.69 Å². The minimum absolute atomic E-state index is 0.826. The zero-order chi connectivity index (χ0) is 24.4. The molecule has 0 unspecified atom stereocenters. The van der Waals surface area contributed by atoms with E-state index in [4.69, 9.17) is 5.10 Å². The van der Waals surface area contributed by atoms with E-state index >= 15 is 0 Å². The fraction of sp³-hybridized carbons (Fsp3) is 0. The summed E-state index contributed by atoms with van der Waals surface area (Å²) in [7, 11) is 0. The number of hydrogen-bond acceptors (Lipinski definition) is 5. The van der Waals surface area contributed by atoms with Crippen molar-refractivity contribution in [3.63, 3.8) is 0 Å². The Hall–Kier alpha value is -4.61. The van der Waals surface area contributed by atoms with Crippen molar-refractivity contribution in [1.29, 1.82) is 0 Å². The molecule has 0 aliphatic heterocycles. The Morgan fingerprint density at radius 3 is 1.47 bits per heavy atom. The Balaban J connectivity index is 1.43. The molecular weight excluding hydrogens is 460 g/mol. The first-order valence-electron chi connectivity index (χ1n) is 11.6. The van der Waals surface area contributed by atoms with E-state index in [0.717, 1.165) is 44.2 Å². The largest absolute Gasteiger partial charge is 0.276 e. The van der Waals surface area contributed by atoms with Crippen molar-refractivity contribution >= 4 is 34.7 Å². The lowest BCUT2D eigenvalue weighted by Crippen LogP contribution is -2.06. The Bertz CT molecular complexity index is 1390. The van der Waals surface area contributed by atoms with Crippen LogP contribution in [0.5, 0.6) is 0 Å². The van der Waals surface area contributed by atoms with Crippen molar-refractivity contribution in [3.05, 3.63) is 160 Å². The fourth-order valence-corrected chi connectivity index (χ4v) is 4.43. The normalized spacial score (nSPS) is 10.7. The summed E-state index contributed by atoms with van der Waals surface area (Å²) in [5.41, 5.74) is 9.95. The van der Waals surface area contributed by atoms with E-state index in [1.54, 1.807) is 17.6 Å². The van der Waals surface area contributed by atoms with Crippen molar-refractivity contribution < 1.29 is 0 Å². The summed E-state index contributed by atoms with van der Waals surface area (Å²) in [6, 6.07) is 42.5. The molecule has 0 saturated heterocycles. The predicted octanol–water partition coefficient (Wildman–Crippen LogP) is 7.48. The average molecular weight is 485 g/mol. The number of benzene rings is 4. The monoisotopic (exact) mass is 484 g/mol. The lowest BCUT2D eigenvalue weighted by molar-refractivity contribution is 1.24. The minimum Gasteiger partial charge on any atom is -0.276 e. The van der Waals surface area contributed by atoms with Crippen LogP contribution in [-0.4, -0.2) is 17.6 Å². The summed E-state index contributed by atoms with van der Waals surface area (Å²) >= 11 is 1.59. The second-order valence-corrected chi connectivity index (χ2v) is 8.88. The number of nitrogens with zero attached hydrogens (tertiary/aromatic N) is 3. The smallest absolute Gasteiger partial charge is 0.100 e. The van der Waals surface area contributed by atoms with Gasteiger partial charge in [0.1, 0.15) is 5.71 Å². The van der Waals surface area contributed by atoms with Crippen LogP contribution in [0.25, 0.3) is 0 Å². The molecule has 0 spiro atoms. The molecule has 0 aliphatic carbocycles. The van der Waals surface area contributed by atoms with E-state index in [1.807, 2.05) is 109 Å². The molecule has 5 heteroatoms. The maximum absolute atomic E-state index is 4.78. The van der Waals surface area contributed by atoms with E-state index in [9.17, 15) is 0 Å². The van der Waals surface area contributed by atoms with Crippen LogP contribution < -0.4 is 5.43 Å². The van der Waals surface area contributed by atoms with Gasteiger partial charge in [0.05, 0.1) is 22.5 Å². The summed E-state index contributed by atoms with van der Waals surface area (Å²) in [4.78, 5) is 0.948. The second-order valence-electron chi connectivity index (χ2n) is 7.93. The number of hydrogen-bond donors (Lipinski definition) is 1. The standard InChI is InChI=1S/C31H24N4S/c1-5-13-24(14-6-1)30(25-15-7-2-8-16-25)34-32-23-29-28(21-22-36-29)33-35-31(26-17-9-3-10-18-26)27-19-11-4-12-20-27/h1-23,33H/b32-23-. The third-order valence-corrected chi connectivity index (χ3v) is 6.36. The molecule has 1 heterocycles. The van der Waals surface area contributed by atoms with Gasteiger partial charge >= 0.3 is 0 Å². The average Bonchev–Trinajstić information content (AvgIpc) is 3.40. The van der Waals surface area contributed by atoms with Gasteiger partial charge in [0.15, 0.2) is 0 Å². The second kappa shape index (κ2) is 11.7. The first-order chi connectivity index (χ1) is 17.9. The highest BCUT2D eigenvalue weighted by atomic mass is 32.1. The van der Waals surface area contributed by atoms with E-state index < -0.39 is 0 Å². The number of hydrazone groups is 1. The van der Waals surface area contributed by atoms with Gasteiger partial charge in [0.2, 0.25) is 0 Å². The van der Waals surface area contributed by atoms with Crippen LogP contribution in [0.15, 0.2) is 148 Å². The zero-order valence-corrected chi connectivity index (χ0v) is 20.3. The van der Waals surface area contributed by atoms with Gasteiger partial charge in [0.25, 0.3) is 0 Å². The third kappa shape index (κ3) is 5.71. The Morgan fingerprint density at radius 2 is 1.00 bits per heavy atom. The van der Waals surface area contributed by atoms with Crippen LogP contribution in [0, 0.1) is 0 Å². The fourth-order valence-electron chi connectivity index (χ4n) is 3.73. The topological polar surface area (TPSA) is 49.1 Å². The van der Waals surface area contributed by atoms with E-state index in [0.29, 0.717) is 0 Å². The number of thiophene rings is 1. The van der Waals surface area contributed by atoms with Gasteiger partial charge in [-0.3, -0.25) is 5.43 Å². The lowest BCUT2D eigenvalue weighted by Gasteiger charge is -2.08. The molecule has 0 bridgehead atoms. The third-order valence-electron chi connectivity index (χ3n) is 5.50. The molecule has 36 heavy (non-hydrogen) atoms. The summed E-state index contributed by atoms with van der Waals surface area (Å²) in [6.45, 7) is 0. The molecule has 1 aromatic heterocycles. The molecule has 5 aromatic rings. The number of rotatable bonds is 8. The summed E-state index contributed by atoms with van der Waals surface area (Å²) in [6.07, 6.45) is 1.78. The molecule has 0 fully saturated rings. The van der Waals surface area contributed by atoms with Crippen LogP contribution in [0.2, 0.25) is 0 Å². The van der Waals surface area contributed by atoms with E-state index in [1.165, 1.54) is 0 Å². The van der Waals surface area contributed by atoms with Crippen molar-refractivity contribution in [2.24, 2.45) is 15.3 Å². The first kappa shape index (κ1) is 23.1. The molecule has 1 N–H and O–H groups in total. The molecule has 4 nitrogen and oxygen atoms in total. The van der Waals surface area contributed by atoms with Crippen molar-refractivity contribution in [2.75, 3.05) is 5.43 Å². The summed E-state index contributed by atoms with van der Waals surface area (Å²) in [5.74, 6) is 0. The molecule has 0 aliphatic rings. The van der Waals surface area contributed by atoms with Crippen molar-refractivity contribution in [1.82, 2.24) is 0 Å². The van der Waals surface area contributed by atoms with Gasteiger partial charge in [-0.05, 0) is 11.4 Å². The van der Waals surface area contributed by atoms with Crippen LogP contribution >= 0.6 is 11.3 Å². The van der Waals surface area contributed by atoms with Crippen molar-refractivity contribution in [3.8, 4) is 0 Å². The van der Waals surface area contributed by atoms with Crippen LogP contribution in [-0.2, 0) is 0 Å². The quantitative estimate of drug-likeness (QED) is 0.180. The molecule has 0 amide bonds. The minimum atomic E-state index is 0.826. The van der Waals surface area contributed by atoms with Crippen LogP contribution in [0.1, 0.15) is 27.1 Å². The van der Waals surface area contributed by atoms with Gasteiger partial charge in [-0.25, -0.2) is 0 Å². The van der Waals surface area contributed by atoms with Crippen LogP contribution in [0.3, 0.4) is 0 Å². The van der Waals surface area contributed by atoms with Gasteiger partial charge in [0, 0.05) is 22.3 Å². The van der Waals surface area contributed by atoms with Gasteiger partial charge < -0.3 is 0 Å². The Labute approximate surface area is 215 Å². The zero-order valence-electron chi connectivity index (χ0n) is 19.5. The number of anilines is 1. The Morgan fingerprint density at radius 1 is 0.556 bits per heavy atom. The molecule has 174 valence electrons. The van der Waals surface area contributed by atoms with Gasteiger partial charge in [-0.1, -0.05) is 121 Å². The summed E-state index contributed by atoms with van der Waals surface area (Å²) < 4.78 is 0. The lowest BCUT2D eigenvalue weighted by atomic mass is 10.0. The van der Waals surface area contributed by atoms with Gasteiger partial charge in [-0.15, -0.1) is 16.4 Å². The Kier molecular flexibility index (Phi) is 7.52. The van der Waals surface area contributed by atoms with Crippen molar-refractivity contribution in [2.45, 2.75) is 0 Å². The molecule has 0 saturated carbocycles. The maximum atomic E-state index is 4.78.